The maximum Gasteiger partial charge on any atom is 0.129 e. The molecule has 0 aromatic carbocycles. The van der Waals surface area contributed by atoms with E-state index in [0.29, 0.717) is 11.1 Å². The van der Waals surface area contributed by atoms with Crippen molar-refractivity contribution in [3.05, 3.63) is 29.0 Å². The van der Waals surface area contributed by atoms with E-state index in [1.165, 1.54) is 18.4 Å². The Bertz CT molecular complexity index is 350. The van der Waals surface area contributed by atoms with Gasteiger partial charge in [-0.2, -0.15) is 0 Å². The van der Waals surface area contributed by atoms with Crippen LogP contribution >= 0.6 is 23.8 Å². The first kappa shape index (κ1) is 10.8. The van der Waals surface area contributed by atoms with Crippen molar-refractivity contribution in [1.82, 2.24) is 10.3 Å². The van der Waals surface area contributed by atoms with Crippen LogP contribution in [-0.4, -0.2) is 16.5 Å². The Labute approximate surface area is 100 Å². The van der Waals surface area contributed by atoms with Crippen molar-refractivity contribution in [3.8, 4) is 0 Å². The molecule has 0 aliphatic carbocycles. The van der Waals surface area contributed by atoms with Crippen LogP contribution in [0.15, 0.2) is 18.3 Å². The number of pyridine rings is 1. The highest BCUT2D eigenvalue weighted by atomic mass is 35.5. The molecule has 1 saturated heterocycles. The lowest BCUT2D eigenvalue weighted by Gasteiger charge is -2.24. The summed E-state index contributed by atoms with van der Waals surface area (Å²) in [5.41, 5.74) is 1.20. The van der Waals surface area contributed by atoms with Gasteiger partial charge in [0.15, 0.2) is 0 Å². The van der Waals surface area contributed by atoms with E-state index < -0.39 is 0 Å². The number of rotatable bonds is 2. The fourth-order valence-corrected chi connectivity index (χ4v) is 2.26. The second-order valence-electron chi connectivity index (χ2n) is 3.82. The second kappa shape index (κ2) is 4.90. The molecule has 1 N–H and O–H groups in total. The molecule has 1 atom stereocenters. The molecule has 1 fully saturated rings. The molecule has 0 radical (unpaired) electrons. The minimum atomic E-state index is 0.469. The average Bonchev–Trinajstić information content (AvgIpc) is 2.25. The summed E-state index contributed by atoms with van der Waals surface area (Å²) in [5.74, 6) is 0.469. The van der Waals surface area contributed by atoms with Crippen LogP contribution in [-0.2, 0) is 6.42 Å². The zero-order valence-electron chi connectivity index (χ0n) is 8.37. The van der Waals surface area contributed by atoms with E-state index in [0.717, 1.165) is 18.0 Å². The summed E-state index contributed by atoms with van der Waals surface area (Å²) in [7, 11) is 0. The first-order valence-electron chi connectivity index (χ1n) is 5.14. The van der Waals surface area contributed by atoms with Gasteiger partial charge < -0.3 is 5.32 Å². The zero-order valence-corrected chi connectivity index (χ0v) is 9.94. The summed E-state index contributed by atoms with van der Waals surface area (Å²) in [5, 5.41) is 3.79. The fourth-order valence-electron chi connectivity index (χ4n) is 1.84. The number of aromatic nitrogens is 1. The number of hydrogen-bond acceptors (Lipinski definition) is 2. The molecule has 15 heavy (non-hydrogen) atoms. The third kappa shape index (κ3) is 2.89. The molecule has 2 nitrogen and oxygen atoms in total. The van der Waals surface area contributed by atoms with Gasteiger partial charge in [-0.15, -0.1) is 0 Å². The molecule has 0 unspecified atom stereocenters. The predicted molar refractivity (Wildman–Crippen MR) is 66.3 cm³/mol. The summed E-state index contributed by atoms with van der Waals surface area (Å²) < 4.78 is 0. The van der Waals surface area contributed by atoms with Gasteiger partial charge in [0.2, 0.25) is 0 Å². The van der Waals surface area contributed by atoms with Crippen molar-refractivity contribution in [2.24, 2.45) is 5.92 Å². The molecular formula is C11H13ClN2S. The highest BCUT2D eigenvalue weighted by Crippen LogP contribution is 2.18. The molecule has 1 aliphatic rings. The topological polar surface area (TPSA) is 24.9 Å². The second-order valence-corrected chi connectivity index (χ2v) is 4.65. The summed E-state index contributed by atoms with van der Waals surface area (Å²) in [6.45, 7) is 1.02. The zero-order chi connectivity index (χ0) is 10.7. The van der Waals surface area contributed by atoms with Crippen LogP contribution in [0.3, 0.4) is 0 Å². The third-order valence-corrected chi connectivity index (χ3v) is 3.37. The van der Waals surface area contributed by atoms with E-state index in [4.69, 9.17) is 23.8 Å². The average molecular weight is 241 g/mol. The predicted octanol–water partition coefficient (Wildman–Crippen LogP) is 2.60. The first-order valence-corrected chi connectivity index (χ1v) is 5.92. The summed E-state index contributed by atoms with van der Waals surface area (Å²) in [6.07, 6.45) is 5.18. The minimum absolute atomic E-state index is 0.469. The standard InChI is InChI=1S/C11H13ClN2S/c12-10-4-3-8(7-14-10)6-9-2-1-5-13-11(9)15/h3-4,7,9H,1-2,5-6H2,(H,13,15)/t9-/m1/s1. The number of halogens is 1. The maximum atomic E-state index is 5.73. The van der Waals surface area contributed by atoms with E-state index in [1.807, 2.05) is 18.3 Å². The monoisotopic (exact) mass is 240 g/mol. The van der Waals surface area contributed by atoms with Crippen LogP contribution in [0.5, 0.6) is 0 Å². The molecule has 1 aromatic rings. The lowest BCUT2D eigenvalue weighted by molar-refractivity contribution is 0.532. The van der Waals surface area contributed by atoms with Gasteiger partial charge in [0.1, 0.15) is 5.15 Å². The molecule has 0 spiro atoms. The van der Waals surface area contributed by atoms with Crippen molar-refractivity contribution >= 4 is 28.8 Å². The Morgan fingerprint density at radius 2 is 2.40 bits per heavy atom. The molecule has 0 amide bonds. The van der Waals surface area contributed by atoms with Crippen LogP contribution < -0.4 is 5.32 Å². The van der Waals surface area contributed by atoms with Crippen molar-refractivity contribution in [3.63, 3.8) is 0 Å². The van der Waals surface area contributed by atoms with Crippen LogP contribution in [0.1, 0.15) is 18.4 Å². The van der Waals surface area contributed by atoms with Crippen LogP contribution in [0.2, 0.25) is 5.15 Å². The molecule has 0 bridgehead atoms. The molecule has 1 aromatic heterocycles. The molecule has 0 saturated carbocycles. The smallest absolute Gasteiger partial charge is 0.129 e. The highest BCUT2D eigenvalue weighted by molar-refractivity contribution is 7.80. The number of thiocarbonyl (C=S) groups is 1. The van der Waals surface area contributed by atoms with Gasteiger partial charge in [-0.3, -0.25) is 0 Å². The van der Waals surface area contributed by atoms with Crippen molar-refractivity contribution in [1.29, 1.82) is 0 Å². The molecule has 2 rings (SSSR count). The van der Waals surface area contributed by atoms with E-state index >= 15 is 0 Å². The van der Waals surface area contributed by atoms with Gasteiger partial charge in [-0.1, -0.05) is 29.9 Å². The Hall–Kier alpha value is -0.670. The van der Waals surface area contributed by atoms with E-state index in [9.17, 15) is 0 Å². The van der Waals surface area contributed by atoms with Gasteiger partial charge in [-0.05, 0) is 30.9 Å². The number of hydrogen-bond donors (Lipinski definition) is 1. The molecule has 2 heterocycles. The minimum Gasteiger partial charge on any atom is -0.379 e. The number of nitrogens with zero attached hydrogens (tertiary/aromatic N) is 1. The maximum absolute atomic E-state index is 5.73. The first-order chi connectivity index (χ1) is 7.25. The fraction of sp³-hybridized carbons (Fsp3) is 0.455. The van der Waals surface area contributed by atoms with Gasteiger partial charge in [0.05, 0.1) is 4.99 Å². The third-order valence-electron chi connectivity index (χ3n) is 2.67. The summed E-state index contributed by atoms with van der Waals surface area (Å²) in [6, 6.07) is 3.85. The van der Waals surface area contributed by atoms with Crippen molar-refractivity contribution in [2.75, 3.05) is 6.54 Å². The van der Waals surface area contributed by atoms with Crippen LogP contribution in [0.25, 0.3) is 0 Å². The molecule has 4 heteroatoms. The van der Waals surface area contributed by atoms with Crippen molar-refractivity contribution < 1.29 is 0 Å². The quantitative estimate of drug-likeness (QED) is 0.636. The number of piperidine rings is 1. The highest BCUT2D eigenvalue weighted by Gasteiger charge is 2.18. The van der Waals surface area contributed by atoms with Gasteiger partial charge >= 0.3 is 0 Å². The molecular weight excluding hydrogens is 228 g/mol. The Morgan fingerprint density at radius 1 is 1.53 bits per heavy atom. The van der Waals surface area contributed by atoms with Gasteiger partial charge in [0.25, 0.3) is 0 Å². The lowest BCUT2D eigenvalue weighted by atomic mass is 9.93. The Balaban J connectivity index is 2.01. The van der Waals surface area contributed by atoms with E-state index in [1.54, 1.807) is 0 Å². The normalized spacial score (nSPS) is 21.1. The van der Waals surface area contributed by atoms with E-state index in [-0.39, 0.29) is 0 Å². The Morgan fingerprint density at radius 3 is 3.07 bits per heavy atom. The van der Waals surface area contributed by atoms with Gasteiger partial charge in [-0.25, -0.2) is 4.98 Å². The van der Waals surface area contributed by atoms with Crippen LogP contribution in [0.4, 0.5) is 0 Å². The Kier molecular flexibility index (Phi) is 3.54. The summed E-state index contributed by atoms with van der Waals surface area (Å²) >= 11 is 11.0. The number of nitrogens with one attached hydrogen (secondary N) is 1. The lowest BCUT2D eigenvalue weighted by Crippen LogP contribution is -2.36. The van der Waals surface area contributed by atoms with E-state index in [2.05, 4.69) is 10.3 Å². The molecule has 80 valence electrons. The molecule has 1 aliphatic heterocycles. The van der Waals surface area contributed by atoms with Crippen molar-refractivity contribution in [2.45, 2.75) is 19.3 Å². The van der Waals surface area contributed by atoms with Crippen LogP contribution in [0, 0.1) is 5.92 Å². The van der Waals surface area contributed by atoms with Gasteiger partial charge in [0, 0.05) is 18.7 Å². The largest absolute Gasteiger partial charge is 0.379 e. The summed E-state index contributed by atoms with van der Waals surface area (Å²) in [4.78, 5) is 5.07. The SMILES string of the molecule is S=C1NCCC[C@@H]1Cc1ccc(Cl)nc1.